The van der Waals surface area contributed by atoms with E-state index in [1.807, 2.05) is 13.0 Å². The van der Waals surface area contributed by atoms with Gasteiger partial charge in [0.1, 0.15) is 0 Å². The van der Waals surface area contributed by atoms with E-state index in [1.165, 1.54) is 4.31 Å². The van der Waals surface area contributed by atoms with Crippen LogP contribution in [0.2, 0.25) is 5.02 Å². The van der Waals surface area contributed by atoms with E-state index in [0.717, 1.165) is 5.56 Å². The van der Waals surface area contributed by atoms with E-state index in [0.29, 0.717) is 55.9 Å². The van der Waals surface area contributed by atoms with Crippen LogP contribution in [-0.4, -0.2) is 57.5 Å². The first-order valence-electron chi connectivity index (χ1n) is 7.34. The van der Waals surface area contributed by atoms with E-state index >= 15 is 0 Å². The molecule has 1 aromatic rings. The maximum absolute atomic E-state index is 11.3. The van der Waals surface area contributed by atoms with E-state index in [-0.39, 0.29) is 0 Å². The molecule has 0 amide bonds. The van der Waals surface area contributed by atoms with Gasteiger partial charge in [0.05, 0.1) is 13.7 Å². The zero-order chi connectivity index (χ0) is 17.0. The van der Waals surface area contributed by atoms with E-state index < -0.39 is 10.2 Å². The predicted octanol–water partition coefficient (Wildman–Crippen LogP) is 1.07. The second-order valence-electron chi connectivity index (χ2n) is 5.25. The first kappa shape index (κ1) is 18.3. The van der Waals surface area contributed by atoms with Crippen LogP contribution in [0.15, 0.2) is 12.1 Å². The Kier molecular flexibility index (Phi) is 6.10. The van der Waals surface area contributed by atoms with Crippen molar-refractivity contribution in [3.05, 3.63) is 22.7 Å². The highest BCUT2D eigenvalue weighted by molar-refractivity contribution is 7.86. The van der Waals surface area contributed by atoms with Crippen molar-refractivity contribution in [1.29, 1.82) is 0 Å². The molecule has 1 saturated heterocycles. The summed E-state index contributed by atoms with van der Waals surface area (Å²) < 4.78 is 34.8. The molecule has 0 saturated carbocycles. The van der Waals surface area contributed by atoms with Gasteiger partial charge < -0.3 is 9.47 Å². The summed E-state index contributed by atoms with van der Waals surface area (Å²) in [6, 6.07) is 3.61. The summed E-state index contributed by atoms with van der Waals surface area (Å²) >= 11 is 6.31. The van der Waals surface area contributed by atoms with Crippen LogP contribution in [0, 0.1) is 0 Å². The van der Waals surface area contributed by atoms with Crippen molar-refractivity contribution in [1.82, 2.24) is 9.21 Å². The lowest BCUT2D eigenvalue weighted by Crippen LogP contribution is -2.50. The molecule has 2 rings (SSSR count). The molecule has 7 nitrogen and oxygen atoms in total. The number of rotatable bonds is 6. The van der Waals surface area contributed by atoms with Crippen LogP contribution in [-0.2, 0) is 16.8 Å². The fourth-order valence-corrected chi connectivity index (χ4v) is 3.39. The Hall–Kier alpha value is -1.06. The Morgan fingerprint density at radius 2 is 1.87 bits per heavy atom. The average Bonchev–Trinajstić information content (AvgIpc) is 2.50. The SMILES string of the molecule is CCOc1cc(CN2CCN(S(N)(=O)=O)CC2)c(Cl)cc1OC. The summed E-state index contributed by atoms with van der Waals surface area (Å²) in [6.07, 6.45) is 0. The first-order chi connectivity index (χ1) is 10.8. The summed E-state index contributed by atoms with van der Waals surface area (Å²) in [5, 5.41) is 5.74. The van der Waals surface area contributed by atoms with Gasteiger partial charge in [-0.05, 0) is 18.6 Å². The fourth-order valence-electron chi connectivity index (χ4n) is 2.51. The maximum Gasteiger partial charge on any atom is 0.276 e. The molecule has 1 aromatic carbocycles. The summed E-state index contributed by atoms with van der Waals surface area (Å²) in [5.41, 5.74) is 0.917. The molecular formula is C14H22ClN3O4S. The number of hydrogen-bond acceptors (Lipinski definition) is 5. The number of benzene rings is 1. The lowest BCUT2D eigenvalue weighted by molar-refractivity contribution is 0.181. The summed E-state index contributed by atoms with van der Waals surface area (Å²) in [6.45, 7) is 5.01. The second-order valence-corrected chi connectivity index (χ2v) is 7.20. The topological polar surface area (TPSA) is 85.1 Å². The number of nitrogens with two attached hydrogens (primary N) is 1. The van der Waals surface area contributed by atoms with Gasteiger partial charge in [-0.15, -0.1) is 0 Å². The van der Waals surface area contributed by atoms with Crippen molar-refractivity contribution in [2.24, 2.45) is 5.14 Å². The summed E-state index contributed by atoms with van der Waals surface area (Å²) in [4.78, 5) is 2.13. The number of halogens is 1. The highest BCUT2D eigenvalue weighted by Gasteiger charge is 2.24. The summed E-state index contributed by atoms with van der Waals surface area (Å²) in [5.74, 6) is 1.25. The number of methoxy groups -OCH3 is 1. The van der Waals surface area contributed by atoms with Crippen molar-refractivity contribution >= 4 is 21.8 Å². The zero-order valence-corrected chi connectivity index (χ0v) is 14.9. The van der Waals surface area contributed by atoms with Gasteiger partial charge in [-0.2, -0.15) is 12.7 Å². The fraction of sp³-hybridized carbons (Fsp3) is 0.571. The van der Waals surface area contributed by atoms with Gasteiger partial charge in [-0.25, -0.2) is 5.14 Å². The van der Waals surface area contributed by atoms with Crippen molar-refractivity contribution in [2.75, 3.05) is 39.9 Å². The summed E-state index contributed by atoms with van der Waals surface area (Å²) in [7, 11) is -2.04. The molecule has 23 heavy (non-hydrogen) atoms. The van der Waals surface area contributed by atoms with Crippen molar-refractivity contribution in [2.45, 2.75) is 13.5 Å². The van der Waals surface area contributed by atoms with Crippen LogP contribution in [0.3, 0.4) is 0 Å². The normalized spacial score (nSPS) is 17.2. The Morgan fingerprint density at radius 3 is 2.39 bits per heavy atom. The molecule has 0 aliphatic carbocycles. The highest BCUT2D eigenvalue weighted by atomic mass is 35.5. The van der Waals surface area contributed by atoms with Gasteiger partial charge in [0.2, 0.25) is 0 Å². The van der Waals surface area contributed by atoms with Gasteiger partial charge >= 0.3 is 0 Å². The van der Waals surface area contributed by atoms with Crippen LogP contribution in [0.1, 0.15) is 12.5 Å². The third kappa shape index (κ3) is 4.71. The second kappa shape index (κ2) is 7.67. The van der Waals surface area contributed by atoms with E-state index in [4.69, 9.17) is 26.2 Å². The van der Waals surface area contributed by atoms with E-state index in [9.17, 15) is 8.42 Å². The molecule has 0 unspecified atom stereocenters. The molecule has 0 aromatic heterocycles. The maximum atomic E-state index is 11.3. The lowest BCUT2D eigenvalue weighted by Gasteiger charge is -2.33. The molecule has 1 aliphatic heterocycles. The molecule has 0 radical (unpaired) electrons. The number of piperazine rings is 1. The van der Waals surface area contributed by atoms with Gasteiger partial charge in [-0.1, -0.05) is 11.6 Å². The first-order valence-corrected chi connectivity index (χ1v) is 9.22. The van der Waals surface area contributed by atoms with Gasteiger partial charge in [0, 0.05) is 43.8 Å². The molecule has 2 N–H and O–H groups in total. The van der Waals surface area contributed by atoms with Crippen LogP contribution in [0.4, 0.5) is 0 Å². The number of ether oxygens (including phenoxy) is 2. The molecule has 9 heteroatoms. The molecule has 130 valence electrons. The van der Waals surface area contributed by atoms with Crippen LogP contribution in [0.25, 0.3) is 0 Å². The molecule has 0 atom stereocenters. The van der Waals surface area contributed by atoms with Crippen molar-refractivity contribution < 1.29 is 17.9 Å². The van der Waals surface area contributed by atoms with Gasteiger partial charge in [-0.3, -0.25) is 4.90 Å². The van der Waals surface area contributed by atoms with Crippen molar-refractivity contribution in [3.8, 4) is 11.5 Å². The Balaban J connectivity index is 2.07. The van der Waals surface area contributed by atoms with Crippen LogP contribution >= 0.6 is 11.6 Å². The minimum atomic E-state index is -3.61. The monoisotopic (exact) mass is 363 g/mol. The molecular weight excluding hydrogens is 342 g/mol. The van der Waals surface area contributed by atoms with Gasteiger partial charge in [0.25, 0.3) is 10.2 Å². The molecule has 1 aliphatic rings. The lowest BCUT2D eigenvalue weighted by atomic mass is 10.1. The number of nitrogens with zero attached hydrogens (tertiary/aromatic N) is 2. The van der Waals surface area contributed by atoms with Crippen LogP contribution in [0.5, 0.6) is 11.5 Å². The number of hydrogen-bond donors (Lipinski definition) is 1. The third-order valence-corrected chi connectivity index (χ3v) is 5.15. The standard InChI is InChI=1S/C14H22ClN3O4S/c1-3-22-14-8-11(12(15)9-13(14)21-2)10-17-4-6-18(7-5-17)23(16,19)20/h8-9H,3-7,10H2,1-2H3,(H2,16,19,20). The Bertz CT molecular complexity index is 646. The average molecular weight is 364 g/mol. The minimum absolute atomic E-state index is 0.380. The third-order valence-electron chi connectivity index (χ3n) is 3.72. The molecule has 1 fully saturated rings. The highest BCUT2D eigenvalue weighted by Crippen LogP contribution is 2.34. The van der Waals surface area contributed by atoms with Gasteiger partial charge in [0.15, 0.2) is 11.5 Å². The molecule has 0 spiro atoms. The zero-order valence-electron chi connectivity index (χ0n) is 13.3. The smallest absolute Gasteiger partial charge is 0.276 e. The quantitative estimate of drug-likeness (QED) is 0.817. The van der Waals surface area contributed by atoms with E-state index in [2.05, 4.69) is 4.90 Å². The molecule has 1 heterocycles. The van der Waals surface area contributed by atoms with Crippen LogP contribution < -0.4 is 14.6 Å². The Labute approximate surface area is 142 Å². The predicted molar refractivity (Wildman–Crippen MR) is 89.1 cm³/mol. The van der Waals surface area contributed by atoms with E-state index in [1.54, 1.807) is 13.2 Å². The largest absolute Gasteiger partial charge is 0.493 e. The Morgan fingerprint density at radius 1 is 1.22 bits per heavy atom. The van der Waals surface area contributed by atoms with Crippen molar-refractivity contribution in [3.63, 3.8) is 0 Å². The minimum Gasteiger partial charge on any atom is -0.493 e. The molecule has 0 bridgehead atoms.